The van der Waals surface area contributed by atoms with Gasteiger partial charge in [0, 0.05) is 37.8 Å². The molecule has 1 saturated heterocycles. The smallest absolute Gasteiger partial charge is 0.254 e. The van der Waals surface area contributed by atoms with Crippen molar-refractivity contribution in [3.63, 3.8) is 0 Å². The first-order valence-electron chi connectivity index (χ1n) is 7.69. The van der Waals surface area contributed by atoms with E-state index in [-0.39, 0.29) is 5.91 Å². The molecule has 3 aromatic rings. The minimum Gasteiger partial charge on any atom is -0.339 e. The molecule has 0 aliphatic carbocycles. The van der Waals surface area contributed by atoms with Crippen molar-refractivity contribution in [1.82, 2.24) is 19.5 Å². The fourth-order valence-electron chi connectivity index (χ4n) is 2.93. The SMILES string of the molecule is O=C(c1ccsc1)N1CCCN(c2nnc3ccccn23)CC1. The van der Waals surface area contributed by atoms with Crippen molar-refractivity contribution in [2.75, 3.05) is 31.1 Å². The molecule has 1 aliphatic heterocycles. The molecule has 1 fully saturated rings. The van der Waals surface area contributed by atoms with Crippen LogP contribution in [-0.2, 0) is 0 Å². The zero-order chi connectivity index (χ0) is 15.6. The number of anilines is 1. The molecule has 0 bridgehead atoms. The lowest BCUT2D eigenvalue weighted by molar-refractivity contribution is 0.0767. The predicted octanol–water partition coefficient (Wildman–Crippen LogP) is 2.14. The van der Waals surface area contributed by atoms with Crippen LogP contribution < -0.4 is 4.90 Å². The van der Waals surface area contributed by atoms with Gasteiger partial charge in [-0.15, -0.1) is 10.2 Å². The number of aromatic nitrogens is 3. The van der Waals surface area contributed by atoms with Crippen molar-refractivity contribution in [3.05, 3.63) is 46.8 Å². The second kappa shape index (κ2) is 6.00. The van der Waals surface area contributed by atoms with Gasteiger partial charge in [0.2, 0.25) is 5.95 Å². The van der Waals surface area contributed by atoms with Gasteiger partial charge < -0.3 is 9.80 Å². The molecule has 1 amide bonds. The quantitative estimate of drug-likeness (QED) is 0.724. The van der Waals surface area contributed by atoms with E-state index in [1.54, 1.807) is 11.3 Å². The number of rotatable bonds is 2. The highest BCUT2D eigenvalue weighted by molar-refractivity contribution is 7.08. The van der Waals surface area contributed by atoms with Crippen LogP contribution in [-0.4, -0.2) is 51.6 Å². The molecule has 1 aliphatic rings. The van der Waals surface area contributed by atoms with Crippen LogP contribution in [0.3, 0.4) is 0 Å². The summed E-state index contributed by atoms with van der Waals surface area (Å²) in [4.78, 5) is 16.6. The second-order valence-electron chi connectivity index (χ2n) is 5.57. The van der Waals surface area contributed by atoms with E-state index in [2.05, 4.69) is 15.1 Å². The van der Waals surface area contributed by atoms with Gasteiger partial charge in [-0.3, -0.25) is 9.20 Å². The average molecular weight is 327 g/mol. The number of amides is 1. The highest BCUT2D eigenvalue weighted by atomic mass is 32.1. The maximum Gasteiger partial charge on any atom is 0.254 e. The summed E-state index contributed by atoms with van der Waals surface area (Å²) < 4.78 is 2.00. The molecule has 0 radical (unpaired) electrons. The highest BCUT2D eigenvalue weighted by Crippen LogP contribution is 2.17. The van der Waals surface area contributed by atoms with Crippen LogP contribution in [0.15, 0.2) is 41.2 Å². The van der Waals surface area contributed by atoms with Gasteiger partial charge in [0.15, 0.2) is 5.65 Å². The maximum absolute atomic E-state index is 12.5. The van der Waals surface area contributed by atoms with Crippen molar-refractivity contribution in [2.45, 2.75) is 6.42 Å². The van der Waals surface area contributed by atoms with Crippen molar-refractivity contribution in [2.24, 2.45) is 0 Å². The summed E-state index contributed by atoms with van der Waals surface area (Å²) in [6.07, 6.45) is 2.90. The topological polar surface area (TPSA) is 53.7 Å². The first-order valence-corrected chi connectivity index (χ1v) is 8.63. The Morgan fingerprint density at radius 2 is 2.04 bits per heavy atom. The molecule has 118 valence electrons. The number of carbonyl (C=O) groups is 1. The molecular weight excluding hydrogens is 310 g/mol. The Morgan fingerprint density at radius 3 is 2.91 bits per heavy atom. The predicted molar refractivity (Wildman–Crippen MR) is 90.0 cm³/mol. The van der Waals surface area contributed by atoms with Crippen LogP contribution >= 0.6 is 11.3 Å². The summed E-state index contributed by atoms with van der Waals surface area (Å²) in [5.41, 5.74) is 1.63. The molecule has 0 atom stereocenters. The summed E-state index contributed by atoms with van der Waals surface area (Å²) >= 11 is 1.56. The minimum absolute atomic E-state index is 0.124. The van der Waals surface area contributed by atoms with Gasteiger partial charge in [-0.1, -0.05) is 6.07 Å². The van der Waals surface area contributed by atoms with Crippen molar-refractivity contribution in [3.8, 4) is 0 Å². The van der Waals surface area contributed by atoms with Crippen LogP contribution in [0.25, 0.3) is 5.65 Å². The molecule has 4 rings (SSSR count). The van der Waals surface area contributed by atoms with E-state index in [9.17, 15) is 4.79 Å². The Labute approximate surface area is 138 Å². The molecule has 0 spiro atoms. The summed E-state index contributed by atoms with van der Waals surface area (Å²) in [5, 5.41) is 12.4. The summed E-state index contributed by atoms with van der Waals surface area (Å²) in [5.74, 6) is 0.977. The summed E-state index contributed by atoms with van der Waals surface area (Å²) in [6.45, 7) is 3.13. The Balaban J connectivity index is 1.52. The van der Waals surface area contributed by atoms with Crippen molar-refractivity contribution >= 4 is 28.8 Å². The van der Waals surface area contributed by atoms with Crippen LogP contribution in [0.5, 0.6) is 0 Å². The van der Waals surface area contributed by atoms with Crippen molar-refractivity contribution in [1.29, 1.82) is 0 Å². The van der Waals surface area contributed by atoms with E-state index in [0.29, 0.717) is 6.54 Å². The third kappa shape index (κ3) is 2.68. The first-order chi connectivity index (χ1) is 11.3. The molecule has 0 aromatic carbocycles. The average Bonchev–Trinajstić information content (AvgIpc) is 3.20. The van der Waals surface area contributed by atoms with Gasteiger partial charge in [-0.25, -0.2) is 0 Å². The Bertz CT molecular complexity index is 813. The third-order valence-corrected chi connectivity index (χ3v) is 4.81. The zero-order valence-corrected chi connectivity index (χ0v) is 13.4. The monoisotopic (exact) mass is 327 g/mol. The molecule has 0 unspecified atom stereocenters. The molecule has 0 N–H and O–H groups in total. The molecule has 7 heteroatoms. The Hall–Kier alpha value is -2.41. The van der Waals surface area contributed by atoms with Gasteiger partial charge in [0.25, 0.3) is 5.91 Å². The number of nitrogens with zero attached hydrogens (tertiary/aromatic N) is 5. The van der Waals surface area contributed by atoms with E-state index in [1.807, 2.05) is 50.5 Å². The Morgan fingerprint density at radius 1 is 1.09 bits per heavy atom. The molecule has 3 aromatic heterocycles. The maximum atomic E-state index is 12.5. The normalized spacial score (nSPS) is 15.8. The standard InChI is InChI=1S/C16H17N5OS/c22-15(13-5-11-23-12-13)19-6-3-7-20(10-9-19)16-18-17-14-4-1-2-8-21(14)16/h1-2,4-5,8,11-12H,3,6-7,9-10H2. The highest BCUT2D eigenvalue weighted by Gasteiger charge is 2.22. The van der Waals surface area contributed by atoms with Crippen LogP contribution in [0.2, 0.25) is 0 Å². The van der Waals surface area contributed by atoms with Crippen LogP contribution in [0.1, 0.15) is 16.8 Å². The third-order valence-electron chi connectivity index (χ3n) is 4.13. The van der Waals surface area contributed by atoms with Gasteiger partial charge in [0.1, 0.15) is 0 Å². The van der Waals surface area contributed by atoms with Gasteiger partial charge in [-0.05, 0) is 30.0 Å². The summed E-state index contributed by atoms with van der Waals surface area (Å²) in [6, 6.07) is 7.77. The van der Waals surface area contributed by atoms with Crippen molar-refractivity contribution < 1.29 is 4.79 Å². The minimum atomic E-state index is 0.124. The molecular formula is C16H17N5OS. The second-order valence-corrected chi connectivity index (χ2v) is 6.35. The number of hydrogen-bond donors (Lipinski definition) is 0. The lowest BCUT2D eigenvalue weighted by Crippen LogP contribution is -2.35. The fourth-order valence-corrected chi connectivity index (χ4v) is 3.56. The molecule has 23 heavy (non-hydrogen) atoms. The lowest BCUT2D eigenvalue weighted by atomic mass is 10.3. The van der Waals surface area contributed by atoms with Crippen LogP contribution in [0.4, 0.5) is 5.95 Å². The number of hydrogen-bond acceptors (Lipinski definition) is 5. The van der Waals surface area contributed by atoms with E-state index < -0.39 is 0 Å². The number of carbonyl (C=O) groups excluding carboxylic acids is 1. The zero-order valence-electron chi connectivity index (χ0n) is 12.6. The summed E-state index contributed by atoms with van der Waals surface area (Å²) in [7, 11) is 0. The first kappa shape index (κ1) is 14.2. The molecule has 4 heterocycles. The molecule has 0 saturated carbocycles. The number of pyridine rings is 1. The van der Waals surface area contributed by atoms with E-state index in [1.165, 1.54) is 0 Å². The van der Waals surface area contributed by atoms with E-state index >= 15 is 0 Å². The fraction of sp³-hybridized carbons (Fsp3) is 0.312. The lowest BCUT2D eigenvalue weighted by Gasteiger charge is -2.21. The number of fused-ring (bicyclic) bond motifs is 1. The van der Waals surface area contributed by atoms with Gasteiger partial charge >= 0.3 is 0 Å². The van der Waals surface area contributed by atoms with Gasteiger partial charge in [-0.2, -0.15) is 11.3 Å². The van der Waals surface area contributed by atoms with E-state index in [4.69, 9.17) is 0 Å². The molecule has 6 nitrogen and oxygen atoms in total. The number of thiophene rings is 1. The largest absolute Gasteiger partial charge is 0.339 e. The van der Waals surface area contributed by atoms with Crippen LogP contribution in [0, 0.1) is 0 Å². The Kier molecular flexibility index (Phi) is 3.70. The van der Waals surface area contributed by atoms with E-state index in [0.717, 1.165) is 43.2 Å². The van der Waals surface area contributed by atoms with Gasteiger partial charge in [0.05, 0.1) is 5.56 Å².